The predicted molar refractivity (Wildman–Crippen MR) is 80.4 cm³/mol. The first kappa shape index (κ1) is 14.4. The molecule has 7 nitrogen and oxygen atoms in total. The Kier molecular flexibility index (Phi) is 4.24. The van der Waals surface area contributed by atoms with Crippen LogP contribution in [-0.2, 0) is 4.74 Å². The summed E-state index contributed by atoms with van der Waals surface area (Å²) in [5, 5.41) is 3.00. The van der Waals surface area contributed by atoms with Gasteiger partial charge < -0.3 is 15.0 Å². The zero-order valence-corrected chi connectivity index (χ0v) is 12.3. The van der Waals surface area contributed by atoms with Gasteiger partial charge >= 0.3 is 0 Å². The van der Waals surface area contributed by atoms with Crippen LogP contribution >= 0.6 is 0 Å². The van der Waals surface area contributed by atoms with E-state index in [4.69, 9.17) is 4.74 Å². The van der Waals surface area contributed by atoms with E-state index < -0.39 is 0 Å². The molecule has 0 bridgehead atoms. The number of aromatic nitrogens is 3. The van der Waals surface area contributed by atoms with Gasteiger partial charge in [-0.25, -0.2) is 9.97 Å². The predicted octanol–water partition coefficient (Wildman–Crippen LogP) is 1.13. The summed E-state index contributed by atoms with van der Waals surface area (Å²) in [5.74, 6) is 0.643. The Labute approximate surface area is 128 Å². The quantitative estimate of drug-likeness (QED) is 0.915. The summed E-state index contributed by atoms with van der Waals surface area (Å²) in [6.45, 7) is 1.47. The Bertz CT molecular complexity index is 649. The van der Waals surface area contributed by atoms with E-state index in [1.807, 2.05) is 25.2 Å². The fourth-order valence-corrected chi connectivity index (χ4v) is 2.35. The van der Waals surface area contributed by atoms with E-state index in [1.165, 1.54) is 12.4 Å². The third kappa shape index (κ3) is 3.04. The first-order chi connectivity index (χ1) is 10.8. The number of nitrogens with one attached hydrogen (secondary N) is 1. The Morgan fingerprint density at radius 3 is 3.09 bits per heavy atom. The SMILES string of the molecule is CNc1cccc([C@H]2CN(C(=O)c3cnccn3)CCO2)n1. The number of amides is 1. The maximum Gasteiger partial charge on any atom is 0.274 e. The van der Waals surface area contributed by atoms with Gasteiger partial charge in [-0.2, -0.15) is 0 Å². The third-order valence-electron chi connectivity index (χ3n) is 3.49. The highest BCUT2D eigenvalue weighted by atomic mass is 16.5. The molecule has 7 heteroatoms. The highest BCUT2D eigenvalue weighted by molar-refractivity contribution is 5.92. The smallest absolute Gasteiger partial charge is 0.274 e. The second kappa shape index (κ2) is 6.48. The summed E-state index contributed by atoms with van der Waals surface area (Å²) in [4.78, 5) is 26.6. The number of hydrogen-bond acceptors (Lipinski definition) is 6. The van der Waals surface area contributed by atoms with Gasteiger partial charge in [0, 0.05) is 26.0 Å². The molecule has 0 spiro atoms. The molecule has 1 N–H and O–H groups in total. The topological polar surface area (TPSA) is 80.2 Å². The second-order valence-corrected chi connectivity index (χ2v) is 4.90. The monoisotopic (exact) mass is 299 g/mol. The molecular formula is C15H17N5O2. The molecule has 2 aromatic rings. The third-order valence-corrected chi connectivity index (χ3v) is 3.49. The van der Waals surface area contributed by atoms with Gasteiger partial charge in [-0.1, -0.05) is 6.07 Å². The van der Waals surface area contributed by atoms with Crippen LogP contribution in [0.5, 0.6) is 0 Å². The van der Waals surface area contributed by atoms with Crippen LogP contribution in [0.2, 0.25) is 0 Å². The first-order valence-corrected chi connectivity index (χ1v) is 7.09. The molecule has 0 aromatic carbocycles. The van der Waals surface area contributed by atoms with E-state index in [-0.39, 0.29) is 12.0 Å². The summed E-state index contributed by atoms with van der Waals surface area (Å²) in [7, 11) is 1.82. The van der Waals surface area contributed by atoms with E-state index in [1.54, 1.807) is 11.1 Å². The van der Waals surface area contributed by atoms with Gasteiger partial charge in [0.25, 0.3) is 5.91 Å². The van der Waals surface area contributed by atoms with Crippen molar-refractivity contribution in [3.63, 3.8) is 0 Å². The Balaban J connectivity index is 1.75. The second-order valence-electron chi connectivity index (χ2n) is 4.90. The molecule has 0 aliphatic carbocycles. The van der Waals surface area contributed by atoms with Crippen molar-refractivity contribution in [3.8, 4) is 0 Å². The molecule has 0 radical (unpaired) electrons. The summed E-state index contributed by atoms with van der Waals surface area (Å²) in [6, 6.07) is 5.71. The van der Waals surface area contributed by atoms with Crippen LogP contribution in [0.1, 0.15) is 22.3 Å². The largest absolute Gasteiger partial charge is 0.373 e. The fraction of sp³-hybridized carbons (Fsp3) is 0.333. The van der Waals surface area contributed by atoms with Crippen molar-refractivity contribution in [3.05, 3.63) is 48.2 Å². The van der Waals surface area contributed by atoms with Gasteiger partial charge in [-0.05, 0) is 12.1 Å². The molecule has 114 valence electrons. The highest BCUT2D eigenvalue weighted by Crippen LogP contribution is 2.22. The number of rotatable bonds is 3. The van der Waals surface area contributed by atoms with Crippen molar-refractivity contribution in [2.45, 2.75) is 6.10 Å². The number of morpholine rings is 1. The minimum absolute atomic E-state index is 0.133. The summed E-state index contributed by atoms with van der Waals surface area (Å²) in [6.07, 6.45) is 4.31. The molecule has 1 atom stereocenters. The molecule has 1 amide bonds. The molecule has 22 heavy (non-hydrogen) atoms. The number of pyridine rings is 1. The molecule has 1 saturated heterocycles. The zero-order chi connectivity index (χ0) is 15.4. The standard InChI is InChI=1S/C15H17N5O2/c1-16-14-4-2-3-11(19-14)13-10-20(7-8-22-13)15(21)12-9-17-5-6-18-12/h2-6,9,13H,7-8,10H2,1H3,(H,16,19)/t13-/m1/s1. The van der Waals surface area contributed by atoms with E-state index in [0.29, 0.717) is 25.4 Å². The minimum atomic E-state index is -0.234. The molecule has 0 saturated carbocycles. The average Bonchev–Trinajstić information content (AvgIpc) is 2.62. The van der Waals surface area contributed by atoms with Crippen molar-refractivity contribution in [2.75, 3.05) is 32.1 Å². The Morgan fingerprint density at radius 2 is 2.32 bits per heavy atom. The molecule has 3 heterocycles. The number of carbonyl (C=O) groups excluding carboxylic acids is 1. The van der Waals surface area contributed by atoms with E-state index >= 15 is 0 Å². The summed E-state index contributed by atoms with van der Waals surface area (Å²) >= 11 is 0. The fourth-order valence-electron chi connectivity index (χ4n) is 2.35. The Hall–Kier alpha value is -2.54. The van der Waals surface area contributed by atoms with Crippen molar-refractivity contribution in [1.82, 2.24) is 19.9 Å². The lowest BCUT2D eigenvalue weighted by Gasteiger charge is -2.32. The maximum absolute atomic E-state index is 12.4. The minimum Gasteiger partial charge on any atom is -0.373 e. The molecule has 2 aromatic heterocycles. The van der Waals surface area contributed by atoms with Crippen LogP contribution in [0.15, 0.2) is 36.8 Å². The van der Waals surface area contributed by atoms with Crippen LogP contribution in [0.3, 0.4) is 0 Å². The number of nitrogens with zero attached hydrogens (tertiary/aromatic N) is 4. The molecule has 1 fully saturated rings. The van der Waals surface area contributed by atoms with Gasteiger partial charge in [0.05, 0.1) is 25.0 Å². The molecular weight excluding hydrogens is 282 g/mol. The number of anilines is 1. The van der Waals surface area contributed by atoms with Crippen molar-refractivity contribution in [1.29, 1.82) is 0 Å². The van der Waals surface area contributed by atoms with Gasteiger partial charge in [-0.3, -0.25) is 9.78 Å². The van der Waals surface area contributed by atoms with Crippen molar-refractivity contribution >= 4 is 11.7 Å². The first-order valence-electron chi connectivity index (χ1n) is 7.09. The molecule has 3 rings (SSSR count). The van der Waals surface area contributed by atoms with Crippen molar-refractivity contribution in [2.24, 2.45) is 0 Å². The van der Waals surface area contributed by atoms with Gasteiger partial charge in [-0.15, -0.1) is 0 Å². The lowest BCUT2D eigenvalue weighted by Crippen LogP contribution is -2.42. The van der Waals surface area contributed by atoms with Crippen LogP contribution < -0.4 is 5.32 Å². The number of carbonyl (C=O) groups is 1. The summed E-state index contributed by atoms with van der Waals surface area (Å²) in [5.41, 5.74) is 1.16. The van der Waals surface area contributed by atoms with E-state index in [2.05, 4.69) is 20.3 Å². The average molecular weight is 299 g/mol. The number of hydrogen-bond donors (Lipinski definition) is 1. The van der Waals surface area contributed by atoms with Crippen LogP contribution in [0.4, 0.5) is 5.82 Å². The maximum atomic E-state index is 12.4. The van der Waals surface area contributed by atoms with Crippen LogP contribution in [0.25, 0.3) is 0 Å². The summed E-state index contributed by atoms with van der Waals surface area (Å²) < 4.78 is 5.76. The lowest BCUT2D eigenvalue weighted by atomic mass is 10.1. The van der Waals surface area contributed by atoms with Crippen LogP contribution in [-0.4, -0.2) is 52.5 Å². The van der Waals surface area contributed by atoms with Gasteiger partial charge in [0.2, 0.25) is 0 Å². The molecule has 0 unspecified atom stereocenters. The zero-order valence-electron chi connectivity index (χ0n) is 12.3. The highest BCUT2D eigenvalue weighted by Gasteiger charge is 2.27. The van der Waals surface area contributed by atoms with E-state index in [0.717, 1.165) is 11.5 Å². The lowest BCUT2D eigenvalue weighted by molar-refractivity contribution is -0.0248. The molecule has 1 aliphatic rings. The normalized spacial score (nSPS) is 18.0. The van der Waals surface area contributed by atoms with Gasteiger partial charge in [0.15, 0.2) is 0 Å². The van der Waals surface area contributed by atoms with Crippen molar-refractivity contribution < 1.29 is 9.53 Å². The Morgan fingerprint density at radius 1 is 1.41 bits per heavy atom. The number of ether oxygens (including phenoxy) is 1. The molecule has 1 aliphatic heterocycles. The van der Waals surface area contributed by atoms with Gasteiger partial charge in [0.1, 0.15) is 17.6 Å². The van der Waals surface area contributed by atoms with E-state index in [9.17, 15) is 4.79 Å². The van der Waals surface area contributed by atoms with Crippen LogP contribution in [0, 0.1) is 0 Å².